The lowest BCUT2D eigenvalue weighted by Gasteiger charge is -2.37. The summed E-state index contributed by atoms with van der Waals surface area (Å²) in [5, 5.41) is 8.99. The molecule has 0 aromatic carbocycles. The van der Waals surface area contributed by atoms with E-state index in [2.05, 4.69) is 6.08 Å². The molecule has 18 heavy (non-hydrogen) atoms. The van der Waals surface area contributed by atoms with Crippen LogP contribution in [0, 0.1) is 5.92 Å². The highest BCUT2D eigenvalue weighted by atomic mass is 16.5. The lowest BCUT2D eigenvalue weighted by atomic mass is 9.92. The van der Waals surface area contributed by atoms with Gasteiger partial charge in [0.2, 0.25) is 5.91 Å². The molecule has 1 heterocycles. The lowest BCUT2D eigenvalue weighted by Crippen LogP contribution is -2.53. The maximum absolute atomic E-state index is 12.3. The van der Waals surface area contributed by atoms with Gasteiger partial charge in [-0.2, -0.15) is 0 Å². The molecule has 0 aromatic heterocycles. The van der Waals surface area contributed by atoms with Crippen molar-refractivity contribution in [3.63, 3.8) is 0 Å². The van der Waals surface area contributed by atoms with Gasteiger partial charge in [0.15, 0.2) is 6.10 Å². The number of hydrogen-bond donors (Lipinski definition) is 1. The summed E-state index contributed by atoms with van der Waals surface area (Å²) in [5.74, 6) is -0.918. The Morgan fingerprint density at radius 2 is 2.11 bits per heavy atom. The second-order valence-electron chi connectivity index (χ2n) is 5.00. The summed E-state index contributed by atoms with van der Waals surface area (Å²) in [7, 11) is 0. The topological polar surface area (TPSA) is 66.8 Å². The van der Waals surface area contributed by atoms with E-state index in [4.69, 9.17) is 9.84 Å². The number of carboxylic acids is 1. The Morgan fingerprint density at radius 1 is 1.33 bits per heavy atom. The second-order valence-corrected chi connectivity index (χ2v) is 5.00. The molecule has 0 bridgehead atoms. The van der Waals surface area contributed by atoms with Crippen LogP contribution in [0.25, 0.3) is 0 Å². The summed E-state index contributed by atoms with van der Waals surface area (Å²) in [6.07, 6.45) is 5.57. The van der Waals surface area contributed by atoms with Crippen LogP contribution in [0.4, 0.5) is 0 Å². The number of aliphatic carboxylic acids is 1. The molecule has 1 aliphatic carbocycles. The van der Waals surface area contributed by atoms with E-state index < -0.39 is 12.1 Å². The minimum absolute atomic E-state index is 0.00902. The number of carbonyl (C=O) groups excluding carboxylic acids is 1. The largest absolute Gasteiger partial charge is 0.479 e. The van der Waals surface area contributed by atoms with Gasteiger partial charge in [-0.15, -0.1) is 0 Å². The zero-order valence-corrected chi connectivity index (χ0v) is 10.5. The number of rotatable bonds is 2. The van der Waals surface area contributed by atoms with Crippen molar-refractivity contribution in [3.8, 4) is 0 Å². The fourth-order valence-electron chi connectivity index (χ4n) is 2.54. The van der Waals surface area contributed by atoms with Crippen LogP contribution in [0.3, 0.4) is 0 Å². The smallest absolute Gasteiger partial charge is 0.334 e. The number of amides is 1. The van der Waals surface area contributed by atoms with Crippen LogP contribution >= 0.6 is 0 Å². The summed E-state index contributed by atoms with van der Waals surface area (Å²) < 4.78 is 5.31. The van der Waals surface area contributed by atoms with Crippen LogP contribution in [0.2, 0.25) is 0 Å². The quantitative estimate of drug-likeness (QED) is 0.747. The SMILES string of the molecule is C[C@@H]1CN(C(=O)[C@H]2CC=CCC2)C[C@@H](C(=O)O)O1. The standard InChI is InChI=1S/C13H19NO4/c1-9-7-14(8-11(18-9)13(16)17)12(15)10-5-3-2-4-6-10/h2-3,9-11H,4-8H2,1H3,(H,16,17)/t9-,10+,11+/m1/s1. The Balaban J connectivity index is 2.00. The first-order valence-corrected chi connectivity index (χ1v) is 6.40. The average molecular weight is 253 g/mol. The Morgan fingerprint density at radius 3 is 2.72 bits per heavy atom. The zero-order chi connectivity index (χ0) is 13.1. The molecule has 0 unspecified atom stereocenters. The van der Waals surface area contributed by atoms with Gasteiger partial charge in [0.1, 0.15) is 0 Å². The van der Waals surface area contributed by atoms with Crippen molar-refractivity contribution in [1.29, 1.82) is 0 Å². The van der Waals surface area contributed by atoms with E-state index in [1.807, 2.05) is 6.08 Å². The first-order valence-electron chi connectivity index (χ1n) is 6.40. The molecule has 1 aliphatic heterocycles. The number of ether oxygens (including phenoxy) is 1. The predicted octanol–water partition coefficient (Wildman–Crippen LogP) is 1.04. The van der Waals surface area contributed by atoms with Crippen LogP contribution in [0.5, 0.6) is 0 Å². The third-order valence-electron chi connectivity index (χ3n) is 3.47. The molecule has 1 N–H and O–H groups in total. The maximum atomic E-state index is 12.3. The van der Waals surface area contributed by atoms with Gasteiger partial charge in [0, 0.05) is 12.5 Å². The molecule has 2 rings (SSSR count). The number of allylic oxidation sites excluding steroid dienone is 2. The molecular formula is C13H19NO4. The summed E-state index contributed by atoms with van der Waals surface area (Å²) in [6, 6.07) is 0. The van der Waals surface area contributed by atoms with Crippen molar-refractivity contribution < 1.29 is 19.4 Å². The number of carboxylic acid groups (broad SMARTS) is 1. The van der Waals surface area contributed by atoms with E-state index in [0.717, 1.165) is 19.3 Å². The van der Waals surface area contributed by atoms with E-state index in [-0.39, 0.29) is 24.5 Å². The molecule has 0 aromatic rings. The van der Waals surface area contributed by atoms with Crippen LogP contribution < -0.4 is 0 Å². The molecule has 1 amide bonds. The fourth-order valence-corrected chi connectivity index (χ4v) is 2.54. The summed E-state index contributed by atoms with van der Waals surface area (Å²) >= 11 is 0. The van der Waals surface area contributed by atoms with Gasteiger partial charge in [0.05, 0.1) is 12.6 Å². The highest BCUT2D eigenvalue weighted by molar-refractivity contribution is 5.81. The van der Waals surface area contributed by atoms with Crippen LogP contribution in [-0.4, -0.2) is 47.2 Å². The van der Waals surface area contributed by atoms with Crippen molar-refractivity contribution in [2.45, 2.75) is 38.4 Å². The molecular weight excluding hydrogens is 234 g/mol. The van der Waals surface area contributed by atoms with E-state index in [0.29, 0.717) is 6.54 Å². The first-order chi connectivity index (χ1) is 8.58. The van der Waals surface area contributed by atoms with Gasteiger partial charge in [-0.3, -0.25) is 4.79 Å². The minimum Gasteiger partial charge on any atom is -0.479 e. The van der Waals surface area contributed by atoms with Crippen LogP contribution in [0.15, 0.2) is 12.2 Å². The Hall–Kier alpha value is -1.36. The Labute approximate surface area is 106 Å². The van der Waals surface area contributed by atoms with Gasteiger partial charge in [-0.1, -0.05) is 12.2 Å². The van der Waals surface area contributed by atoms with Gasteiger partial charge in [-0.25, -0.2) is 4.79 Å². The summed E-state index contributed by atoms with van der Waals surface area (Å²) in [5.41, 5.74) is 0. The molecule has 5 heteroatoms. The summed E-state index contributed by atoms with van der Waals surface area (Å²) in [4.78, 5) is 24.9. The highest BCUT2D eigenvalue weighted by Crippen LogP contribution is 2.22. The fraction of sp³-hybridized carbons (Fsp3) is 0.692. The molecule has 2 aliphatic rings. The van der Waals surface area contributed by atoms with E-state index >= 15 is 0 Å². The van der Waals surface area contributed by atoms with Gasteiger partial charge >= 0.3 is 5.97 Å². The molecule has 1 fully saturated rings. The number of hydrogen-bond acceptors (Lipinski definition) is 3. The minimum atomic E-state index is -0.997. The van der Waals surface area contributed by atoms with E-state index in [9.17, 15) is 9.59 Å². The van der Waals surface area contributed by atoms with Gasteiger partial charge < -0.3 is 14.7 Å². The first kappa shape index (κ1) is 13.1. The van der Waals surface area contributed by atoms with E-state index in [1.165, 1.54) is 0 Å². The number of nitrogens with zero attached hydrogens (tertiary/aromatic N) is 1. The van der Waals surface area contributed by atoms with Crippen molar-refractivity contribution >= 4 is 11.9 Å². The van der Waals surface area contributed by atoms with Crippen molar-refractivity contribution in [3.05, 3.63) is 12.2 Å². The molecule has 100 valence electrons. The Kier molecular flexibility index (Phi) is 4.01. The van der Waals surface area contributed by atoms with Crippen molar-refractivity contribution in [1.82, 2.24) is 4.90 Å². The molecule has 0 spiro atoms. The van der Waals surface area contributed by atoms with Gasteiger partial charge in [0.25, 0.3) is 0 Å². The molecule has 5 nitrogen and oxygen atoms in total. The average Bonchev–Trinajstić information content (AvgIpc) is 2.38. The monoisotopic (exact) mass is 253 g/mol. The number of carbonyl (C=O) groups is 2. The maximum Gasteiger partial charge on any atom is 0.334 e. The van der Waals surface area contributed by atoms with E-state index in [1.54, 1.807) is 11.8 Å². The molecule has 3 atom stereocenters. The van der Waals surface area contributed by atoms with Gasteiger partial charge in [-0.05, 0) is 26.2 Å². The lowest BCUT2D eigenvalue weighted by molar-refractivity contribution is -0.167. The number of morpholine rings is 1. The highest BCUT2D eigenvalue weighted by Gasteiger charge is 2.34. The van der Waals surface area contributed by atoms with Crippen molar-refractivity contribution in [2.75, 3.05) is 13.1 Å². The molecule has 0 saturated carbocycles. The van der Waals surface area contributed by atoms with Crippen molar-refractivity contribution in [2.24, 2.45) is 5.92 Å². The summed E-state index contributed by atoms with van der Waals surface area (Å²) in [6.45, 7) is 2.46. The third kappa shape index (κ3) is 2.90. The zero-order valence-electron chi connectivity index (χ0n) is 10.5. The van der Waals surface area contributed by atoms with Crippen LogP contribution in [0.1, 0.15) is 26.2 Å². The van der Waals surface area contributed by atoms with Crippen LogP contribution in [-0.2, 0) is 14.3 Å². The molecule has 1 saturated heterocycles. The second kappa shape index (κ2) is 5.52. The molecule has 0 radical (unpaired) electrons. The predicted molar refractivity (Wildman–Crippen MR) is 65.0 cm³/mol. The normalized spacial score (nSPS) is 32.3. The Bertz CT molecular complexity index is 366. The third-order valence-corrected chi connectivity index (χ3v) is 3.47.